The van der Waals surface area contributed by atoms with Gasteiger partial charge in [-0.2, -0.15) is 5.10 Å². The molecule has 2 fully saturated rings. The number of rotatable bonds is 4. The summed E-state index contributed by atoms with van der Waals surface area (Å²) in [6, 6.07) is 6.43. The lowest BCUT2D eigenvalue weighted by molar-refractivity contribution is -0.136. The molecule has 3 atom stereocenters. The maximum atomic E-state index is 13.1. The van der Waals surface area contributed by atoms with Crippen LogP contribution in [0.15, 0.2) is 30.6 Å². The Morgan fingerprint density at radius 1 is 1.32 bits per heavy atom. The van der Waals surface area contributed by atoms with E-state index in [1.165, 1.54) is 17.7 Å². The Balaban J connectivity index is 1.46. The highest BCUT2D eigenvalue weighted by molar-refractivity contribution is 5.83. The van der Waals surface area contributed by atoms with Gasteiger partial charge < -0.3 is 4.90 Å². The molecule has 5 nitrogen and oxygen atoms in total. The minimum absolute atomic E-state index is 0.144. The lowest BCUT2D eigenvalue weighted by Crippen LogP contribution is -2.47. The lowest BCUT2D eigenvalue weighted by Gasteiger charge is -2.36. The summed E-state index contributed by atoms with van der Waals surface area (Å²) in [4.78, 5) is 19.4. The summed E-state index contributed by atoms with van der Waals surface area (Å²) in [5.74, 6) is 0.836. The average Bonchev–Trinajstić information content (AvgIpc) is 3.36. The SMILES string of the molecule is Cc1cc(C)n(C[C@@H]2CCCCN2C(=O)[C@H]2C[C@H]2c2cccnc2)n1. The second-order valence-electron chi connectivity index (χ2n) is 7.53. The Hall–Kier alpha value is -2.17. The number of piperidine rings is 1. The maximum Gasteiger partial charge on any atom is 0.226 e. The Kier molecular flexibility index (Phi) is 4.32. The van der Waals surface area contributed by atoms with Crippen molar-refractivity contribution in [3.05, 3.63) is 47.5 Å². The summed E-state index contributed by atoms with van der Waals surface area (Å²) in [6.07, 6.45) is 8.05. The van der Waals surface area contributed by atoms with E-state index in [1.807, 2.05) is 19.2 Å². The summed E-state index contributed by atoms with van der Waals surface area (Å²) in [5.41, 5.74) is 3.42. The van der Waals surface area contributed by atoms with Gasteiger partial charge in [0.1, 0.15) is 0 Å². The monoisotopic (exact) mass is 338 g/mol. The molecule has 4 rings (SSSR count). The van der Waals surface area contributed by atoms with Crippen LogP contribution in [0.1, 0.15) is 48.6 Å². The second kappa shape index (κ2) is 6.62. The quantitative estimate of drug-likeness (QED) is 0.861. The van der Waals surface area contributed by atoms with Crippen LogP contribution in [0.5, 0.6) is 0 Å². The molecule has 2 aliphatic rings. The van der Waals surface area contributed by atoms with Gasteiger partial charge in [0.15, 0.2) is 0 Å². The molecule has 25 heavy (non-hydrogen) atoms. The fraction of sp³-hybridized carbons (Fsp3) is 0.550. The van der Waals surface area contributed by atoms with Gasteiger partial charge in [-0.1, -0.05) is 6.07 Å². The van der Waals surface area contributed by atoms with Crippen LogP contribution in [0.3, 0.4) is 0 Å². The van der Waals surface area contributed by atoms with Crippen LogP contribution in [0.4, 0.5) is 0 Å². The van der Waals surface area contributed by atoms with Crippen LogP contribution in [0.2, 0.25) is 0 Å². The molecule has 1 saturated carbocycles. The van der Waals surface area contributed by atoms with Gasteiger partial charge in [0.05, 0.1) is 18.3 Å². The summed E-state index contributed by atoms with van der Waals surface area (Å²) in [7, 11) is 0. The fourth-order valence-corrected chi connectivity index (χ4v) is 4.18. The van der Waals surface area contributed by atoms with E-state index in [-0.39, 0.29) is 12.0 Å². The van der Waals surface area contributed by atoms with Crippen LogP contribution in [-0.4, -0.2) is 38.2 Å². The van der Waals surface area contributed by atoms with Gasteiger partial charge in [0, 0.05) is 30.6 Å². The molecule has 0 radical (unpaired) electrons. The van der Waals surface area contributed by atoms with Crippen molar-refractivity contribution in [2.24, 2.45) is 5.92 Å². The zero-order valence-electron chi connectivity index (χ0n) is 15.1. The molecule has 0 spiro atoms. The predicted molar refractivity (Wildman–Crippen MR) is 96.1 cm³/mol. The molecule has 5 heteroatoms. The van der Waals surface area contributed by atoms with Crippen molar-refractivity contribution in [1.29, 1.82) is 0 Å². The van der Waals surface area contributed by atoms with Crippen LogP contribution >= 0.6 is 0 Å². The minimum Gasteiger partial charge on any atom is -0.338 e. The first-order valence-corrected chi connectivity index (χ1v) is 9.35. The molecule has 0 unspecified atom stereocenters. The topological polar surface area (TPSA) is 51.0 Å². The number of carbonyl (C=O) groups excluding carboxylic acids is 1. The highest BCUT2D eigenvalue weighted by Gasteiger charge is 2.47. The molecule has 0 bridgehead atoms. The summed E-state index contributed by atoms with van der Waals surface area (Å²) in [6.45, 7) is 5.82. The van der Waals surface area contributed by atoms with Crippen molar-refractivity contribution >= 4 is 5.91 Å². The highest BCUT2D eigenvalue weighted by Crippen LogP contribution is 2.48. The van der Waals surface area contributed by atoms with Gasteiger partial charge in [0.25, 0.3) is 0 Å². The number of pyridine rings is 1. The van der Waals surface area contributed by atoms with Crippen LogP contribution in [-0.2, 0) is 11.3 Å². The zero-order chi connectivity index (χ0) is 17.4. The van der Waals surface area contributed by atoms with E-state index in [2.05, 4.69) is 38.7 Å². The van der Waals surface area contributed by atoms with Gasteiger partial charge in [-0.3, -0.25) is 14.5 Å². The molecule has 0 N–H and O–H groups in total. The van der Waals surface area contributed by atoms with E-state index in [0.29, 0.717) is 11.8 Å². The van der Waals surface area contributed by atoms with E-state index >= 15 is 0 Å². The molecular weight excluding hydrogens is 312 g/mol. The van der Waals surface area contributed by atoms with Gasteiger partial charge in [-0.15, -0.1) is 0 Å². The van der Waals surface area contributed by atoms with E-state index in [9.17, 15) is 4.79 Å². The first-order chi connectivity index (χ1) is 12.1. The van der Waals surface area contributed by atoms with Crippen molar-refractivity contribution in [3.63, 3.8) is 0 Å². The highest BCUT2D eigenvalue weighted by atomic mass is 16.2. The second-order valence-corrected chi connectivity index (χ2v) is 7.53. The summed E-state index contributed by atoms with van der Waals surface area (Å²) < 4.78 is 2.07. The maximum absolute atomic E-state index is 13.1. The van der Waals surface area contributed by atoms with Crippen LogP contribution in [0.25, 0.3) is 0 Å². The predicted octanol–water partition coefficient (Wildman–Crippen LogP) is 3.08. The lowest BCUT2D eigenvalue weighted by atomic mass is 10.0. The number of likely N-dealkylation sites (tertiary alicyclic amines) is 1. The first kappa shape index (κ1) is 16.3. The molecule has 1 saturated heterocycles. The van der Waals surface area contributed by atoms with Crippen LogP contribution < -0.4 is 0 Å². The number of aromatic nitrogens is 3. The van der Waals surface area contributed by atoms with Crippen molar-refractivity contribution in [3.8, 4) is 0 Å². The standard InChI is InChI=1S/C20H26N4O/c1-14-10-15(2)24(22-14)13-17-7-3-4-9-23(17)20(25)19-11-18(19)16-6-5-8-21-12-16/h5-6,8,10,12,17-19H,3-4,7,9,11,13H2,1-2H3/t17-,18-,19-/m0/s1. The van der Waals surface area contributed by atoms with Gasteiger partial charge in [-0.25, -0.2) is 0 Å². The Labute approximate surface area is 149 Å². The summed E-state index contributed by atoms with van der Waals surface area (Å²) >= 11 is 0. The molecular formula is C20H26N4O. The number of hydrogen-bond donors (Lipinski definition) is 0. The van der Waals surface area contributed by atoms with Gasteiger partial charge >= 0.3 is 0 Å². The molecule has 1 aliphatic heterocycles. The Bertz CT molecular complexity index is 754. The fourth-order valence-electron chi connectivity index (χ4n) is 4.18. The molecule has 2 aromatic rings. The zero-order valence-corrected chi connectivity index (χ0v) is 15.1. The van der Waals surface area contributed by atoms with E-state index in [1.54, 1.807) is 6.20 Å². The summed E-state index contributed by atoms with van der Waals surface area (Å²) in [5, 5.41) is 4.59. The number of carbonyl (C=O) groups is 1. The normalized spacial score (nSPS) is 25.8. The van der Waals surface area contributed by atoms with E-state index in [4.69, 9.17) is 0 Å². The van der Waals surface area contributed by atoms with E-state index in [0.717, 1.165) is 38.0 Å². The van der Waals surface area contributed by atoms with Gasteiger partial charge in [0.2, 0.25) is 5.91 Å². The Morgan fingerprint density at radius 3 is 2.92 bits per heavy atom. The average molecular weight is 338 g/mol. The van der Waals surface area contributed by atoms with Gasteiger partial charge in [-0.05, 0) is 63.1 Å². The molecule has 3 heterocycles. The minimum atomic E-state index is 0.144. The van der Waals surface area contributed by atoms with E-state index < -0.39 is 0 Å². The number of amides is 1. The molecule has 1 aliphatic carbocycles. The van der Waals surface area contributed by atoms with Crippen molar-refractivity contribution in [1.82, 2.24) is 19.7 Å². The largest absolute Gasteiger partial charge is 0.338 e. The smallest absolute Gasteiger partial charge is 0.226 e. The number of aryl methyl sites for hydroxylation is 2. The molecule has 0 aromatic carbocycles. The third kappa shape index (κ3) is 3.32. The van der Waals surface area contributed by atoms with Crippen LogP contribution in [0, 0.1) is 19.8 Å². The Morgan fingerprint density at radius 2 is 2.20 bits per heavy atom. The number of nitrogens with zero attached hydrogens (tertiary/aromatic N) is 4. The molecule has 2 aromatic heterocycles. The molecule has 132 valence electrons. The molecule has 1 amide bonds. The van der Waals surface area contributed by atoms with Crippen molar-refractivity contribution in [2.45, 2.75) is 58.0 Å². The number of hydrogen-bond acceptors (Lipinski definition) is 3. The third-order valence-electron chi connectivity index (χ3n) is 5.62. The third-order valence-corrected chi connectivity index (χ3v) is 5.62. The van der Waals surface area contributed by atoms with Crippen molar-refractivity contribution in [2.75, 3.05) is 6.54 Å². The van der Waals surface area contributed by atoms with Crippen molar-refractivity contribution < 1.29 is 4.79 Å². The first-order valence-electron chi connectivity index (χ1n) is 9.35.